The zero-order chi connectivity index (χ0) is 12.0. The van der Waals surface area contributed by atoms with Crippen LogP contribution in [0.3, 0.4) is 0 Å². The Morgan fingerprint density at radius 3 is 1.62 bits per heavy atom. The van der Waals surface area contributed by atoms with Gasteiger partial charge in [0, 0.05) is 0 Å². The Balaban J connectivity index is 2.63. The molecule has 0 aromatic carbocycles. The topological polar surface area (TPSA) is 93.1 Å². The van der Waals surface area contributed by atoms with E-state index in [4.69, 9.17) is 10.2 Å². The van der Waals surface area contributed by atoms with Crippen molar-refractivity contribution < 1.29 is 29.3 Å². The summed E-state index contributed by atoms with van der Waals surface area (Å²) in [5, 5.41) is 17.0. The Morgan fingerprint density at radius 1 is 0.938 bits per heavy atom. The van der Waals surface area contributed by atoms with Gasteiger partial charge in [0.25, 0.3) is 0 Å². The van der Waals surface area contributed by atoms with Gasteiger partial charge < -0.3 is 19.7 Å². The number of ether oxygens (including phenoxy) is 2. The van der Waals surface area contributed by atoms with Gasteiger partial charge in [0.05, 0.1) is 11.8 Å². The van der Waals surface area contributed by atoms with Crippen molar-refractivity contribution >= 4 is 11.9 Å². The molecule has 1 aliphatic carbocycles. The van der Waals surface area contributed by atoms with Crippen molar-refractivity contribution in [3.8, 4) is 0 Å². The van der Waals surface area contributed by atoms with Gasteiger partial charge in [-0.1, -0.05) is 12.8 Å². The first-order valence-corrected chi connectivity index (χ1v) is 5.25. The molecule has 0 aromatic rings. The smallest absolute Gasteiger partial charge is 0.311 e. The summed E-state index contributed by atoms with van der Waals surface area (Å²) in [6.07, 6.45) is 2.77. The van der Waals surface area contributed by atoms with E-state index >= 15 is 0 Å². The number of aliphatic hydroxyl groups is 2. The summed E-state index contributed by atoms with van der Waals surface area (Å²) in [6.45, 7) is -1.37. The molecule has 92 valence electrons. The van der Waals surface area contributed by atoms with Gasteiger partial charge in [-0.25, -0.2) is 0 Å². The molecule has 1 saturated carbocycles. The molecule has 0 amide bonds. The molecular weight excluding hydrogens is 216 g/mol. The molecule has 1 rings (SSSR count). The van der Waals surface area contributed by atoms with Crippen molar-refractivity contribution in [3.63, 3.8) is 0 Å². The number of aliphatic hydroxyl groups excluding tert-OH is 2. The first kappa shape index (κ1) is 12.9. The zero-order valence-corrected chi connectivity index (χ0v) is 8.92. The fourth-order valence-electron chi connectivity index (χ4n) is 2.04. The molecule has 1 fully saturated rings. The monoisotopic (exact) mass is 232 g/mol. The predicted molar refractivity (Wildman–Crippen MR) is 51.8 cm³/mol. The molecule has 0 aliphatic heterocycles. The van der Waals surface area contributed by atoms with Crippen LogP contribution in [-0.4, -0.2) is 35.7 Å². The highest BCUT2D eigenvalue weighted by Gasteiger charge is 2.37. The van der Waals surface area contributed by atoms with E-state index in [0.29, 0.717) is 12.8 Å². The quantitative estimate of drug-likeness (QED) is 0.514. The van der Waals surface area contributed by atoms with E-state index in [1.807, 2.05) is 0 Å². The normalized spacial score (nSPS) is 24.9. The molecule has 6 nitrogen and oxygen atoms in total. The third kappa shape index (κ3) is 3.18. The third-order valence-corrected chi connectivity index (χ3v) is 2.79. The van der Waals surface area contributed by atoms with Gasteiger partial charge in [-0.2, -0.15) is 0 Å². The lowest BCUT2D eigenvalue weighted by atomic mass is 9.79. The second-order valence-electron chi connectivity index (χ2n) is 3.68. The van der Waals surface area contributed by atoms with E-state index in [2.05, 4.69) is 9.47 Å². The van der Waals surface area contributed by atoms with E-state index in [-0.39, 0.29) is 0 Å². The van der Waals surface area contributed by atoms with Crippen molar-refractivity contribution in [2.24, 2.45) is 11.8 Å². The molecule has 1 aliphatic rings. The average molecular weight is 232 g/mol. The number of carbonyl (C=O) groups is 2. The fraction of sp³-hybridized carbons (Fsp3) is 0.800. The molecule has 0 aromatic heterocycles. The summed E-state index contributed by atoms with van der Waals surface area (Å²) in [6, 6.07) is 0. The van der Waals surface area contributed by atoms with Crippen molar-refractivity contribution in [2.45, 2.75) is 25.7 Å². The number of esters is 2. The third-order valence-electron chi connectivity index (χ3n) is 2.79. The van der Waals surface area contributed by atoms with E-state index < -0.39 is 37.4 Å². The number of rotatable bonds is 4. The maximum absolute atomic E-state index is 11.5. The summed E-state index contributed by atoms with van der Waals surface area (Å²) in [5.74, 6) is -2.30. The van der Waals surface area contributed by atoms with E-state index in [0.717, 1.165) is 12.8 Å². The molecule has 0 bridgehead atoms. The van der Waals surface area contributed by atoms with Crippen LogP contribution in [0.1, 0.15) is 25.7 Å². The van der Waals surface area contributed by atoms with Crippen molar-refractivity contribution in [2.75, 3.05) is 13.6 Å². The van der Waals surface area contributed by atoms with E-state index in [9.17, 15) is 9.59 Å². The minimum absolute atomic E-state index is 0.546. The van der Waals surface area contributed by atoms with Crippen molar-refractivity contribution in [3.05, 3.63) is 0 Å². The van der Waals surface area contributed by atoms with Gasteiger partial charge in [0.2, 0.25) is 0 Å². The van der Waals surface area contributed by atoms with Crippen LogP contribution in [0.15, 0.2) is 0 Å². The van der Waals surface area contributed by atoms with Crippen LogP contribution in [0.25, 0.3) is 0 Å². The minimum Gasteiger partial charge on any atom is -0.438 e. The summed E-state index contributed by atoms with van der Waals surface area (Å²) >= 11 is 0. The van der Waals surface area contributed by atoms with Gasteiger partial charge in [-0.05, 0) is 12.8 Å². The van der Waals surface area contributed by atoms with Crippen LogP contribution >= 0.6 is 0 Å². The van der Waals surface area contributed by atoms with Gasteiger partial charge >= 0.3 is 11.9 Å². The Hall–Kier alpha value is -1.14. The molecule has 6 heteroatoms. The van der Waals surface area contributed by atoms with Crippen LogP contribution < -0.4 is 0 Å². The van der Waals surface area contributed by atoms with Crippen LogP contribution in [0.2, 0.25) is 0 Å². The second-order valence-corrected chi connectivity index (χ2v) is 3.68. The van der Waals surface area contributed by atoms with E-state index in [1.54, 1.807) is 0 Å². The molecule has 0 radical (unpaired) electrons. The predicted octanol–water partition coefficient (Wildman–Crippen LogP) is -0.221. The highest BCUT2D eigenvalue weighted by molar-refractivity contribution is 5.82. The first-order valence-electron chi connectivity index (χ1n) is 5.25. The maximum Gasteiger partial charge on any atom is 0.311 e. The number of hydrogen-bond donors (Lipinski definition) is 2. The Kier molecular flexibility index (Phi) is 5.21. The van der Waals surface area contributed by atoms with Gasteiger partial charge in [0.15, 0.2) is 13.6 Å². The SMILES string of the molecule is O=C(OCO)C1CCCCC1C(=O)OCO. The molecule has 2 N–H and O–H groups in total. The van der Waals surface area contributed by atoms with Crippen LogP contribution in [0.5, 0.6) is 0 Å². The zero-order valence-electron chi connectivity index (χ0n) is 8.92. The first-order chi connectivity index (χ1) is 7.70. The molecule has 2 atom stereocenters. The van der Waals surface area contributed by atoms with Crippen LogP contribution in [0.4, 0.5) is 0 Å². The van der Waals surface area contributed by atoms with Gasteiger partial charge in [0.1, 0.15) is 0 Å². The highest BCUT2D eigenvalue weighted by Crippen LogP contribution is 2.31. The van der Waals surface area contributed by atoms with Crippen molar-refractivity contribution in [1.82, 2.24) is 0 Å². The number of hydrogen-bond acceptors (Lipinski definition) is 6. The number of carbonyl (C=O) groups excluding carboxylic acids is 2. The molecular formula is C10H16O6. The van der Waals surface area contributed by atoms with E-state index in [1.165, 1.54) is 0 Å². The fourth-order valence-corrected chi connectivity index (χ4v) is 2.04. The molecule has 2 unspecified atom stereocenters. The van der Waals surface area contributed by atoms with Crippen molar-refractivity contribution in [1.29, 1.82) is 0 Å². The molecule has 0 spiro atoms. The minimum atomic E-state index is -0.683. The lowest BCUT2D eigenvalue weighted by molar-refractivity contribution is -0.171. The second kappa shape index (κ2) is 6.44. The standard InChI is InChI=1S/C10H16O6/c11-5-15-9(13)7-3-1-2-4-8(7)10(14)16-6-12/h7-8,11-12H,1-6H2. The Labute approximate surface area is 93.2 Å². The van der Waals surface area contributed by atoms with Gasteiger partial charge in [-0.3, -0.25) is 9.59 Å². The average Bonchev–Trinajstić information content (AvgIpc) is 2.30. The lowest BCUT2D eigenvalue weighted by Gasteiger charge is -2.27. The van der Waals surface area contributed by atoms with Gasteiger partial charge in [-0.15, -0.1) is 0 Å². The summed E-state index contributed by atoms with van der Waals surface area (Å²) in [5.41, 5.74) is 0. The van der Waals surface area contributed by atoms with Crippen LogP contribution in [-0.2, 0) is 19.1 Å². The molecule has 16 heavy (non-hydrogen) atoms. The maximum atomic E-state index is 11.5. The molecule has 0 saturated heterocycles. The molecule has 0 heterocycles. The Bertz CT molecular complexity index is 226. The van der Waals surface area contributed by atoms with Crippen LogP contribution in [0, 0.1) is 11.8 Å². The summed E-state index contributed by atoms with van der Waals surface area (Å²) < 4.78 is 8.97. The highest BCUT2D eigenvalue weighted by atomic mass is 16.6. The largest absolute Gasteiger partial charge is 0.438 e. The Morgan fingerprint density at radius 2 is 1.31 bits per heavy atom. The lowest BCUT2D eigenvalue weighted by Crippen LogP contribution is -2.35. The summed E-state index contributed by atoms with van der Waals surface area (Å²) in [4.78, 5) is 22.9. The summed E-state index contributed by atoms with van der Waals surface area (Å²) in [7, 11) is 0.